The third kappa shape index (κ3) is 4.92. The van der Waals surface area contributed by atoms with Crippen molar-refractivity contribution >= 4 is 29.4 Å². The second-order valence-corrected chi connectivity index (χ2v) is 7.13. The highest BCUT2D eigenvalue weighted by molar-refractivity contribution is 6.20. The van der Waals surface area contributed by atoms with Gasteiger partial charge in [0.15, 0.2) is 6.61 Å². The van der Waals surface area contributed by atoms with Gasteiger partial charge in [0.25, 0.3) is 5.91 Å². The van der Waals surface area contributed by atoms with E-state index in [9.17, 15) is 19.2 Å². The highest BCUT2D eigenvalue weighted by Crippen LogP contribution is 2.23. The van der Waals surface area contributed by atoms with Gasteiger partial charge in [0.1, 0.15) is 0 Å². The zero-order chi connectivity index (χ0) is 21.7. The summed E-state index contributed by atoms with van der Waals surface area (Å²) in [4.78, 5) is 49.3. The fourth-order valence-electron chi connectivity index (χ4n) is 3.26. The van der Waals surface area contributed by atoms with Gasteiger partial charge in [-0.25, -0.2) is 4.79 Å². The average molecular weight is 408 g/mol. The number of amides is 3. The summed E-state index contributed by atoms with van der Waals surface area (Å²) in [5.41, 5.74) is 2.66. The quantitative estimate of drug-likeness (QED) is 0.562. The Morgan fingerprint density at radius 1 is 1.07 bits per heavy atom. The Morgan fingerprint density at radius 2 is 1.73 bits per heavy atom. The second-order valence-electron chi connectivity index (χ2n) is 7.13. The summed E-state index contributed by atoms with van der Waals surface area (Å²) < 4.78 is 5.10. The maximum absolute atomic E-state index is 12.3. The number of carbonyl (C=O) groups is 4. The Balaban J connectivity index is 1.56. The zero-order valence-corrected chi connectivity index (χ0v) is 17.0. The van der Waals surface area contributed by atoms with Crippen molar-refractivity contribution in [1.29, 1.82) is 0 Å². The summed E-state index contributed by atoms with van der Waals surface area (Å²) in [5, 5.41) is 2.79. The standard InChI is InChI=1S/C23H24N2O5/c1-3-16-7-9-17(10-8-16)15(2)24-20(26)14-30-23(29)18-5-4-6-19(13-18)25-21(27)11-12-22(25)28/h4-10,13,15H,3,11-12,14H2,1-2H3,(H,24,26). The molecule has 1 fully saturated rings. The van der Waals surface area contributed by atoms with Crippen molar-refractivity contribution in [2.24, 2.45) is 0 Å². The third-order valence-electron chi connectivity index (χ3n) is 4.99. The minimum Gasteiger partial charge on any atom is -0.452 e. The van der Waals surface area contributed by atoms with E-state index in [1.165, 1.54) is 17.7 Å². The first-order chi connectivity index (χ1) is 14.4. The summed E-state index contributed by atoms with van der Waals surface area (Å²) in [6.45, 7) is 3.50. The topological polar surface area (TPSA) is 92.8 Å². The Bertz CT molecular complexity index is 952. The van der Waals surface area contributed by atoms with E-state index in [1.54, 1.807) is 12.1 Å². The van der Waals surface area contributed by atoms with Crippen molar-refractivity contribution in [2.75, 3.05) is 11.5 Å². The van der Waals surface area contributed by atoms with Gasteiger partial charge < -0.3 is 10.1 Å². The van der Waals surface area contributed by atoms with Gasteiger partial charge in [0.05, 0.1) is 17.3 Å². The monoisotopic (exact) mass is 408 g/mol. The van der Waals surface area contributed by atoms with Crippen LogP contribution in [0.4, 0.5) is 5.69 Å². The Labute approximate surface area is 175 Å². The van der Waals surface area contributed by atoms with E-state index in [4.69, 9.17) is 4.74 Å². The van der Waals surface area contributed by atoms with E-state index in [1.807, 2.05) is 31.2 Å². The lowest BCUT2D eigenvalue weighted by molar-refractivity contribution is -0.125. The minimum absolute atomic E-state index is 0.160. The molecule has 7 nitrogen and oxygen atoms in total. The van der Waals surface area contributed by atoms with Gasteiger partial charge in [-0.1, -0.05) is 37.3 Å². The maximum Gasteiger partial charge on any atom is 0.338 e. The van der Waals surface area contributed by atoms with Gasteiger partial charge in [-0.2, -0.15) is 0 Å². The lowest BCUT2D eigenvalue weighted by Gasteiger charge is -2.16. The molecule has 156 valence electrons. The third-order valence-corrected chi connectivity index (χ3v) is 4.99. The molecule has 1 atom stereocenters. The Kier molecular flexibility index (Phi) is 6.61. The molecule has 0 bridgehead atoms. The zero-order valence-electron chi connectivity index (χ0n) is 17.0. The van der Waals surface area contributed by atoms with Crippen LogP contribution in [0, 0.1) is 0 Å². The first-order valence-electron chi connectivity index (χ1n) is 9.90. The van der Waals surface area contributed by atoms with Gasteiger partial charge in [-0.05, 0) is 42.7 Å². The van der Waals surface area contributed by atoms with E-state index in [0.717, 1.165) is 16.9 Å². The molecule has 3 amide bonds. The number of carbonyl (C=O) groups excluding carboxylic acids is 4. The van der Waals surface area contributed by atoms with Gasteiger partial charge in [-0.3, -0.25) is 19.3 Å². The van der Waals surface area contributed by atoms with E-state index >= 15 is 0 Å². The molecule has 7 heteroatoms. The number of benzene rings is 2. The van der Waals surface area contributed by atoms with Crippen LogP contribution in [0.3, 0.4) is 0 Å². The summed E-state index contributed by atoms with van der Waals surface area (Å²) in [6, 6.07) is 13.8. The van der Waals surface area contributed by atoms with E-state index < -0.39 is 18.5 Å². The molecule has 1 saturated heterocycles. The lowest BCUT2D eigenvalue weighted by atomic mass is 10.1. The van der Waals surface area contributed by atoms with Crippen LogP contribution in [0.5, 0.6) is 0 Å². The Hall–Kier alpha value is -3.48. The molecule has 0 aliphatic carbocycles. The van der Waals surface area contributed by atoms with Crippen LogP contribution in [0.2, 0.25) is 0 Å². The molecular formula is C23H24N2O5. The lowest BCUT2D eigenvalue weighted by Crippen LogP contribution is -2.31. The normalized spacial score (nSPS) is 14.5. The highest BCUT2D eigenvalue weighted by atomic mass is 16.5. The SMILES string of the molecule is CCc1ccc(C(C)NC(=O)COC(=O)c2cccc(N3C(=O)CCC3=O)c2)cc1. The predicted octanol–water partition coefficient (Wildman–Crippen LogP) is 2.94. The number of rotatable bonds is 7. The van der Waals surface area contributed by atoms with Crippen LogP contribution in [0.15, 0.2) is 48.5 Å². The summed E-state index contributed by atoms with van der Waals surface area (Å²) in [5.74, 6) is -1.72. The van der Waals surface area contributed by atoms with Crippen LogP contribution in [0.25, 0.3) is 0 Å². The second kappa shape index (κ2) is 9.35. The molecule has 0 spiro atoms. The molecule has 30 heavy (non-hydrogen) atoms. The number of aryl methyl sites for hydroxylation is 1. The maximum atomic E-state index is 12.3. The molecule has 1 aliphatic heterocycles. The van der Waals surface area contributed by atoms with Gasteiger partial charge in [0.2, 0.25) is 11.8 Å². The number of hydrogen-bond acceptors (Lipinski definition) is 5. The highest BCUT2D eigenvalue weighted by Gasteiger charge is 2.30. The smallest absolute Gasteiger partial charge is 0.338 e. The molecule has 0 aromatic heterocycles. The van der Waals surface area contributed by atoms with Crippen LogP contribution < -0.4 is 10.2 Å². The number of ether oxygens (including phenoxy) is 1. The molecule has 3 rings (SSSR count). The molecule has 1 aliphatic rings. The number of imide groups is 1. The van der Waals surface area contributed by atoms with E-state index in [2.05, 4.69) is 12.2 Å². The van der Waals surface area contributed by atoms with Crippen LogP contribution in [-0.2, 0) is 25.5 Å². The first-order valence-corrected chi connectivity index (χ1v) is 9.90. The first kappa shape index (κ1) is 21.2. The number of nitrogens with zero attached hydrogens (tertiary/aromatic N) is 1. The van der Waals surface area contributed by atoms with Crippen molar-refractivity contribution in [2.45, 2.75) is 39.2 Å². The molecule has 1 N–H and O–H groups in total. The van der Waals surface area contributed by atoms with E-state index in [0.29, 0.717) is 5.69 Å². The van der Waals surface area contributed by atoms with Crippen LogP contribution >= 0.6 is 0 Å². The molecule has 1 unspecified atom stereocenters. The fraction of sp³-hybridized carbons (Fsp3) is 0.304. The van der Waals surface area contributed by atoms with E-state index in [-0.39, 0.29) is 36.3 Å². The molecule has 0 radical (unpaired) electrons. The fourth-order valence-corrected chi connectivity index (χ4v) is 3.26. The van der Waals surface area contributed by atoms with Crippen molar-refractivity contribution in [3.05, 3.63) is 65.2 Å². The minimum atomic E-state index is -0.703. The van der Waals surface area contributed by atoms with Crippen molar-refractivity contribution in [3.63, 3.8) is 0 Å². The number of nitrogens with one attached hydrogen (secondary N) is 1. The summed E-state index contributed by atoms with van der Waals surface area (Å²) in [6.07, 6.45) is 1.26. The van der Waals surface area contributed by atoms with Crippen molar-refractivity contribution in [3.8, 4) is 0 Å². The van der Waals surface area contributed by atoms with Crippen LogP contribution in [-0.4, -0.2) is 30.3 Å². The van der Waals surface area contributed by atoms with Crippen molar-refractivity contribution in [1.82, 2.24) is 5.32 Å². The molecule has 2 aromatic rings. The molecule has 2 aromatic carbocycles. The van der Waals surface area contributed by atoms with Gasteiger partial charge >= 0.3 is 5.97 Å². The average Bonchev–Trinajstić information content (AvgIpc) is 3.10. The number of esters is 1. The molecular weight excluding hydrogens is 384 g/mol. The van der Waals surface area contributed by atoms with Gasteiger partial charge in [-0.15, -0.1) is 0 Å². The van der Waals surface area contributed by atoms with Crippen molar-refractivity contribution < 1.29 is 23.9 Å². The van der Waals surface area contributed by atoms with Gasteiger partial charge in [0, 0.05) is 12.8 Å². The summed E-state index contributed by atoms with van der Waals surface area (Å²) >= 11 is 0. The summed E-state index contributed by atoms with van der Waals surface area (Å²) in [7, 11) is 0. The molecule has 1 heterocycles. The predicted molar refractivity (Wildman–Crippen MR) is 111 cm³/mol. The Morgan fingerprint density at radius 3 is 2.37 bits per heavy atom. The van der Waals surface area contributed by atoms with Crippen LogP contribution in [0.1, 0.15) is 54.2 Å². The number of anilines is 1. The number of hydrogen-bond donors (Lipinski definition) is 1. The molecule has 0 saturated carbocycles. The largest absolute Gasteiger partial charge is 0.452 e.